The summed E-state index contributed by atoms with van der Waals surface area (Å²) in [4.78, 5) is 10.9. The van der Waals surface area contributed by atoms with Crippen LogP contribution in [0.25, 0.3) is 0 Å². The molecule has 82 valence electrons. The molecule has 0 bridgehead atoms. The lowest BCUT2D eigenvalue weighted by Crippen LogP contribution is -2.09. The molecule has 5 heteroatoms. The zero-order valence-electron chi connectivity index (χ0n) is 8.20. The Morgan fingerprint density at radius 2 is 2.07 bits per heavy atom. The Hall–Kier alpha value is -0.840. The van der Waals surface area contributed by atoms with E-state index in [0.29, 0.717) is 4.60 Å². The van der Waals surface area contributed by atoms with Crippen LogP contribution in [0.2, 0.25) is 0 Å². The molecule has 0 saturated heterocycles. The molecule has 0 aromatic carbocycles. The fraction of sp³-hybridized carbons (Fsp3) is 0.600. The van der Waals surface area contributed by atoms with Crippen LogP contribution in [0.5, 0.6) is 0 Å². The van der Waals surface area contributed by atoms with Gasteiger partial charge in [0.2, 0.25) is 5.76 Å². The third-order valence-corrected chi connectivity index (χ3v) is 3.46. The van der Waals surface area contributed by atoms with Gasteiger partial charge in [0, 0.05) is 5.56 Å². The van der Waals surface area contributed by atoms with E-state index in [9.17, 15) is 4.79 Å². The standard InChI is InChI=1S/C10H12BrNO3/c11-9-7(6-4-2-1-3-5-6)8(10(13)14)15-12-9/h6H,1-5H2,(H,13,14). The van der Waals surface area contributed by atoms with Crippen molar-refractivity contribution in [2.75, 3.05) is 0 Å². The molecule has 0 unspecified atom stereocenters. The van der Waals surface area contributed by atoms with E-state index in [2.05, 4.69) is 21.1 Å². The summed E-state index contributed by atoms with van der Waals surface area (Å²) in [6.45, 7) is 0. The van der Waals surface area contributed by atoms with Gasteiger partial charge in [-0.15, -0.1) is 0 Å². The summed E-state index contributed by atoms with van der Waals surface area (Å²) >= 11 is 3.25. The molecule has 1 heterocycles. The summed E-state index contributed by atoms with van der Waals surface area (Å²) in [5.74, 6) is -0.756. The smallest absolute Gasteiger partial charge is 0.375 e. The molecule has 0 spiro atoms. The third-order valence-electron chi connectivity index (χ3n) is 2.89. The number of hydrogen-bond donors (Lipinski definition) is 1. The van der Waals surface area contributed by atoms with Crippen LogP contribution in [0.3, 0.4) is 0 Å². The van der Waals surface area contributed by atoms with Crippen molar-refractivity contribution in [3.05, 3.63) is 15.9 Å². The summed E-state index contributed by atoms with van der Waals surface area (Å²) in [6.07, 6.45) is 5.60. The van der Waals surface area contributed by atoms with Crippen LogP contribution in [0.4, 0.5) is 0 Å². The van der Waals surface area contributed by atoms with Crippen LogP contribution < -0.4 is 0 Å². The first kappa shape index (κ1) is 10.7. The SMILES string of the molecule is O=C(O)c1onc(Br)c1C1CCCCC1. The maximum atomic E-state index is 10.9. The van der Waals surface area contributed by atoms with Crippen LogP contribution in [-0.4, -0.2) is 16.2 Å². The molecular formula is C10H12BrNO3. The van der Waals surface area contributed by atoms with Gasteiger partial charge in [-0.05, 0) is 34.7 Å². The van der Waals surface area contributed by atoms with Crippen LogP contribution in [0.1, 0.15) is 54.1 Å². The third kappa shape index (κ3) is 2.07. The number of nitrogens with zero attached hydrogens (tertiary/aromatic N) is 1. The Bertz CT molecular complexity index is 369. The molecule has 0 atom stereocenters. The fourth-order valence-corrected chi connectivity index (χ4v) is 2.75. The van der Waals surface area contributed by atoms with Gasteiger partial charge >= 0.3 is 5.97 Å². The van der Waals surface area contributed by atoms with Crippen LogP contribution >= 0.6 is 15.9 Å². The molecule has 1 fully saturated rings. The van der Waals surface area contributed by atoms with E-state index < -0.39 is 5.97 Å². The molecule has 15 heavy (non-hydrogen) atoms. The largest absolute Gasteiger partial charge is 0.475 e. The van der Waals surface area contributed by atoms with Gasteiger partial charge in [0.15, 0.2) is 4.60 Å². The Balaban J connectivity index is 2.32. The molecule has 2 rings (SSSR count). The van der Waals surface area contributed by atoms with Gasteiger partial charge in [-0.2, -0.15) is 0 Å². The maximum absolute atomic E-state index is 10.9. The van der Waals surface area contributed by atoms with E-state index in [0.717, 1.165) is 31.2 Å². The van der Waals surface area contributed by atoms with Gasteiger partial charge in [0.25, 0.3) is 0 Å². The molecule has 1 aromatic rings. The summed E-state index contributed by atoms with van der Waals surface area (Å²) in [6, 6.07) is 0. The van der Waals surface area contributed by atoms with Gasteiger partial charge < -0.3 is 9.63 Å². The van der Waals surface area contributed by atoms with Gasteiger partial charge in [-0.25, -0.2) is 4.79 Å². The van der Waals surface area contributed by atoms with Crippen molar-refractivity contribution in [2.24, 2.45) is 0 Å². The fourth-order valence-electron chi connectivity index (χ4n) is 2.18. The van der Waals surface area contributed by atoms with E-state index in [-0.39, 0.29) is 11.7 Å². The predicted octanol–water partition coefficient (Wildman–Crippen LogP) is 3.18. The normalized spacial score (nSPS) is 17.9. The minimum atomic E-state index is -1.03. The van der Waals surface area contributed by atoms with Gasteiger partial charge in [0.1, 0.15) is 0 Å². The van der Waals surface area contributed by atoms with Gasteiger partial charge in [-0.1, -0.05) is 24.4 Å². The lowest BCUT2D eigenvalue weighted by molar-refractivity contribution is 0.0649. The number of aromatic carboxylic acids is 1. The average molecular weight is 274 g/mol. The van der Waals surface area contributed by atoms with Crippen molar-refractivity contribution in [3.8, 4) is 0 Å². The van der Waals surface area contributed by atoms with E-state index in [4.69, 9.17) is 9.63 Å². The Morgan fingerprint density at radius 3 is 2.67 bits per heavy atom. The summed E-state index contributed by atoms with van der Waals surface area (Å²) in [5, 5.41) is 12.6. The molecule has 4 nitrogen and oxygen atoms in total. The highest BCUT2D eigenvalue weighted by Crippen LogP contribution is 2.38. The van der Waals surface area contributed by atoms with Gasteiger partial charge in [0.05, 0.1) is 0 Å². The second-order valence-corrected chi connectivity index (χ2v) is 4.61. The topological polar surface area (TPSA) is 63.3 Å². The zero-order valence-corrected chi connectivity index (χ0v) is 9.79. The number of aromatic nitrogens is 1. The number of carboxylic acids is 1. The number of carboxylic acid groups (broad SMARTS) is 1. The lowest BCUT2D eigenvalue weighted by Gasteiger charge is -2.20. The number of carbonyl (C=O) groups is 1. The second-order valence-electron chi connectivity index (χ2n) is 3.86. The summed E-state index contributed by atoms with van der Waals surface area (Å²) in [5.41, 5.74) is 0.738. The van der Waals surface area contributed by atoms with Crippen molar-refractivity contribution in [2.45, 2.75) is 38.0 Å². The number of halogens is 1. The molecule has 1 aliphatic carbocycles. The van der Waals surface area contributed by atoms with E-state index in [1.807, 2.05) is 0 Å². The van der Waals surface area contributed by atoms with Crippen molar-refractivity contribution in [1.82, 2.24) is 5.16 Å². The molecule has 1 N–H and O–H groups in total. The van der Waals surface area contributed by atoms with Gasteiger partial charge in [-0.3, -0.25) is 0 Å². The summed E-state index contributed by atoms with van der Waals surface area (Å²) < 4.78 is 5.36. The molecule has 0 amide bonds. The van der Waals surface area contributed by atoms with Crippen molar-refractivity contribution < 1.29 is 14.4 Å². The van der Waals surface area contributed by atoms with E-state index in [1.165, 1.54) is 6.42 Å². The molecule has 0 aliphatic heterocycles. The second kappa shape index (κ2) is 4.35. The zero-order chi connectivity index (χ0) is 10.8. The quantitative estimate of drug-likeness (QED) is 0.899. The van der Waals surface area contributed by atoms with Crippen LogP contribution in [-0.2, 0) is 0 Å². The first-order valence-electron chi connectivity index (χ1n) is 5.08. The highest BCUT2D eigenvalue weighted by Gasteiger charge is 2.28. The Kier molecular flexibility index (Phi) is 3.09. The highest BCUT2D eigenvalue weighted by molar-refractivity contribution is 9.10. The lowest BCUT2D eigenvalue weighted by atomic mass is 9.84. The average Bonchev–Trinajstić information content (AvgIpc) is 2.61. The minimum absolute atomic E-state index is 0.00576. The predicted molar refractivity (Wildman–Crippen MR) is 57.0 cm³/mol. The first-order valence-corrected chi connectivity index (χ1v) is 5.88. The molecule has 1 aromatic heterocycles. The Labute approximate surface area is 95.8 Å². The molecule has 1 aliphatic rings. The van der Waals surface area contributed by atoms with E-state index >= 15 is 0 Å². The molecule has 0 radical (unpaired) electrons. The Morgan fingerprint density at radius 1 is 1.40 bits per heavy atom. The highest BCUT2D eigenvalue weighted by atomic mass is 79.9. The van der Waals surface area contributed by atoms with E-state index in [1.54, 1.807) is 0 Å². The van der Waals surface area contributed by atoms with Crippen molar-refractivity contribution in [3.63, 3.8) is 0 Å². The monoisotopic (exact) mass is 273 g/mol. The maximum Gasteiger partial charge on any atom is 0.375 e. The molecular weight excluding hydrogens is 262 g/mol. The van der Waals surface area contributed by atoms with Crippen molar-refractivity contribution in [1.29, 1.82) is 0 Å². The first-order chi connectivity index (χ1) is 7.20. The van der Waals surface area contributed by atoms with Crippen molar-refractivity contribution >= 4 is 21.9 Å². The summed E-state index contributed by atoms with van der Waals surface area (Å²) in [7, 11) is 0. The van der Waals surface area contributed by atoms with Crippen LogP contribution in [0.15, 0.2) is 9.13 Å². The minimum Gasteiger partial charge on any atom is -0.475 e. The number of rotatable bonds is 2. The van der Waals surface area contributed by atoms with Crippen LogP contribution in [0, 0.1) is 0 Å². The number of hydrogen-bond acceptors (Lipinski definition) is 3. The molecule has 1 saturated carbocycles.